The van der Waals surface area contributed by atoms with E-state index in [2.05, 4.69) is 153 Å². The van der Waals surface area contributed by atoms with Crippen LogP contribution in [0.2, 0.25) is 0 Å². The van der Waals surface area contributed by atoms with Gasteiger partial charge in [0.25, 0.3) is 0 Å². The Kier molecular flexibility index (Phi) is 5.34. The maximum absolute atomic E-state index is 6.35. The maximum Gasteiger partial charge on any atom is 0.136 e. The summed E-state index contributed by atoms with van der Waals surface area (Å²) in [5, 5.41) is 12.1. The zero-order chi connectivity index (χ0) is 32.2. The van der Waals surface area contributed by atoms with Crippen molar-refractivity contribution in [3.8, 4) is 33.4 Å². The van der Waals surface area contributed by atoms with Crippen LogP contribution in [0, 0.1) is 6.92 Å². The Morgan fingerprint density at radius 1 is 0.347 bits per heavy atom. The first kappa shape index (κ1) is 26.7. The highest BCUT2D eigenvalue weighted by Gasteiger charge is 2.21. The molecule has 2 heteroatoms. The van der Waals surface area contributed by atoms with Gasteiger partial charge in [0.15, 0.2) is 0 Å². The average Bonchev–Trinajstić information content (AvgIpc) is 3.73. The lowest BCUT2D eigenvalue weighted by atomic mass is 9.83. The SMILES string of the molecule is Cc1cc(-c2ccc3oc4cccc5ccc2c3c54)ccc1-c1c2ccccc2c(-c2cccc3oc4ccccc4c23)c2ccccc12. The molecule has 0 spiro atoms. The molecule has 0 radical (unpaired) electrons. The van der Waals surface area contributed by atoms with Crippen molar-refractivity contribution in [3.05, 3.63) is 157 Å². The Morgan fingerprint density at radius 3 is 1.65 bits per heavy atom. The zero-order valence-corrected chi connectivity index (χ0v) is 26.8. The lowest BCUT2D eigenvalue weighted by Gasteiger charge is -2.20. The second-order valence-corrected chi connectivity index (χ2v) is 13.2. The highest BCUT2D eigenvalue weighted by molar-refractivity contribution is 6.26. The first-order valence-corrected chi connectivity index (χ1v) is 16.8. The number of furan rings is 2. The second kappa shape index (κ2) is 9.82. The van der Waals surface area contributed by atoms with Crippen molar-refractivity contribution in [3.63, 3.8) is 0 Å². The van der Waals surface area contributed by atoms with Gasteiger partial charge in [-0.3, -0.25) is 0 Å². The number of para-hydroxylation sites is 1. The van der Waals surface area contributed by atoms with Crippen LogP contribution in [-0.4, -0.2) is 0 Å². The van der Waals surface area contributed by atoms with Crippen LogP contribution in [0.4, 0.5) is 0 Å². The number of aryl methyl sites for hydroxylation is 1. The highest BCUT2D eigenvalue weighted by atomic mass is 16.3. The fourth-order valence-corrected chi connectivity index (χ4v) is 8.50. The van der Waals surface area contributed by atoms with E-state index in [0.29, 0.717) is 0 Å². The molecule has 0 fully saturated rings. The van der Waals surface area contributed by atoms with E-state index in [1.54, 1.807) is 0 Å². The molecule has 2 aromatic heterocycles. The fraction of sp³-hybridized carbons (Fsp3) is 0.0213. The Balaban J connectivity index is 1.16. The predicted octanol–water partition coefficient (Wildman–Crippen LogP) is 13.7. The van der Waals surface area contributed by atoms with E-state index in [1.807, 2.05) is 6.07 Å². The summed E-state index contributed by atoms with van der Waals surface area (Å²) in [6.07, 6.45) is 0. The van der Waals surface area contributed by atoms with Gasteiger partial charge < -0.3 is 8.83 Å². The van der Waals surface area contributed by atoms with Crippen molar-refractivity contribution in [1.29, 1.82) is 0 Å². The molecule has 49 heavy (non-hydrogen) atoms. The van der Waals surface area contributed by atoms with Gasteiger partial charge >= 0.3 is 0 Å². The van der Waals surface area contributed by atoms with Gasteiger partial charge in [-0.15, -0.1) is 0 Å². The molecule has 2 heterocycles. The maximum atomic E-state index is 6.35. The first-order chi connectivity index (χ1) is 24.2. The van der Waals surface area contributed by atoms with E-state index in [-0.39, 0.29) is 0 Å². The smallest absolute Gasteiger partial charge is 0.136 e. The molecule has 11 aromatic rings. The highest BCUT2D eigenvalue weighted by Crippen LogP contribution is 2.48. The van der Waals surface area contributed by atoms with Crippen molar-refractivity contribution in [2.24, 2.45) is 0 Å². The second-order valence-electron chi connectivity index (χ2n) is 13.2. The van der Waals surface area contributed by atoms with Crippen molar-refractivity contribution < 1.29 is 8.83 Å². The van der Waals surface area contributed by atoms with Gasteiger partial charge in [0, 0.05) is 21.5 Å². The summed E-state index contributed by atoms with van der Waals surface area (Å²) in [6.45, 7) is 2.25. The Hall–Kier alpha value is -6.38. The topological polar surface area (TPSA) is 26.3 Å². The molecule has 0 atom stereocenters. The van der Waals surface area contributed by atoms with Crippen LogP contribution in [0.3, 0.4) is 0 Å². The predicted molar refractivity (Wildman–Crippen MR) is 206 cm³/mol. The third-order valence-corrected chi connectivity index (χ3v) is 10.6. The monoisotopic (exact) mass is 624 g/mol. The lowest BCUT2D eigenvalue weighted by molar-refractivity contribution is 0.669. The Morgan fingerprint density at radius 2 is 0.918 bits per heavy atom. The third-order valence-electron chi connectivity index (χ3n) is 10.6. The minimum atomic E-state index is 0.911. The minimum Gasteiger partial charge on any atom is -0.456 e. The van der Waals surface area contributed by atoms with Gasteiger partial charge in [-0.25, -0.2) is 0 Å². The van der Waals surface area contributed by atoms with Crippen molar-refractivity contribution >= 4 is 76.2 Å². The van der Waals surface area contributed by atoms with Gasteiger partial charge in [0.2, 0.25) is 0 Å². The van der Waals surface area contributed by atoms with Crippen LogP contribution in [0.1, 0.15) is 5.56 Å². The van der Waals surface area contributed by atoms with Crippen LogP contribution in [0.5, 0.6) is 0 Å². The van der Waals surface area contributed by atoms with E-state index in [0.717, 1.165) is 33.1 Å². The van der Waals surface area contributed by atoms with Crippen LogP contribution < -0.4 is 0 Å². The third kappa shape index (κ3) is 3.66. The van der Waals surface area contributed by atoms with Gasteiger partial charge in [-0.2, -0.15) is 0 Å². The molecular formula is C47H28O2. The van der Waals surface area contributed by atoms with E-state index < -0.39 is 0 Å². The van der Waals surface area contributed by atoms with Crippen LogP contribution in [0.25, 0.3) is 110 Å². The summed E-state index contributed by atoms with van der Waals surface area (Å²) in [7, 11) is 0. The molecule has 0 aliphatic heterocycles. The molecule has 0 aliphatic carbocycles. The molecular weight excluding hydrogens is 597 g/mol. The molecule has 0 aliphatic rings. The molecule has 228 valence electrons. The quantitative estimate of drug-likeness (QED) is 0.144. The number of benzene rings is 9. The summed E-state index contributed by atoms with van der Waals surface area (Å²) in [5.41, 5.74) is 12.3. The van der Waals surface area contributed by atoms with Crippen molar-refractivity contribution in [2.75, 3.05) is 0 Å². The van der Waals surface area contributed by atoms with Gasteiger partial charge in [0.05, 0.1) is 0 Å². The molecule has 0 saturated carbocycles. The van der Waals surface area contributed by atoms with Crippen LogP contribution in [-0.2, 0) is 0 Å². The number of rotatable bonds is 3. The van der Waals surface area contributed by atoms with Crippen molar-refractivity contribution in [2.45, 2.75) is 6.92 Å². The van der Waals surface area contributed by atoms with Gasteiger partial charge in [-0.05, 0) is 102 Å². The molecule has 0 amide bonds. The summed E-state index contributed by atoms with van der Waals surface area (Å²) < 4.78 is 12.6. The van der Waals surface area contributed by atoms with Crippen LogP contribution in [0.15, 0.2) is 160 Å². The molecule has 0 N–H and O–H groups in total. The summed E-state index contributed by atoms with van der Waals surface area (Å²) in [5.74, 6) is 0. The van der Waals surface area contributed by atoms with E-state index >= 15 is 0 Å². The molecule has 0 unspecified atom stereocenters. The molecule has 0 bridgehead atoms. The molecule has 9 aromatic carbocycles. The summed E-state index contributed by atoms with van der Waals surface area (Å²) in [6, 6.07) is 54.7. The van der Waals surface area contributed by atoms with E-state index in [9.17, 15) is 0 Å². The number of hydrogen-bond acceptors (Lipinski definition) is 2. The van der Waals surface area contributed by atoms with Gasteiger partial charge in [0.1, 0.15) is 22.3 Å². The van der Waals surface area contributed by atoms with Crippen LogP contribution >= 0.6 is 0 Å². The Bertz CT molecular complexity index is 3060. The van der Waals surface area contributed by atoms with Gasteiger partial charge in [-0.1, -0.05) is 127 Å². The first-order valence-electron chi connectivity index (χ1n) is 16.8. The normalized spacial score (nSPS) is 12.2. The summed E-state index contributed by atoms with van der Waals surface area (Å²) >= 11 is 0. The zero-order valence-electron chi connectivity index (χ0n) is 26.8. The van der Waals surface area contributed by atoms with E-state index in [4.69, 9.17) is 8.83 Å². The van der Waals surface area contributed by atoms with Crippen molar-refractivity contribution in [1.82, 2.24) is 0 Å². The molecule has 2 nitrogen and oxygen atoms in total. The summed E-state index contributed by atoms with van der Waals surface area (Å²) in [4.78, 5) is 0. The number of hydrogen-bond donors (Lipinski definition) is 0. The number of fused-ring (bicyclic) bond motifs is 5. The molecule has 0 saturated heterocycles. The Labute approximate surface area is 281 Å². The fourth-order valence-electron chi connectivity index (χ4n) is 8.50. The largest absolute Gasteiger partial charge is 0.456 e. The van der Waals surface area contributed by atoms with E-state index in [1.165, 1.54) is 82.0 Å². The minimum absolute atomic E-state index is 0.911. The average molecular weight is 625 g/mol. The lowest BCUT2D eigenvalue weighted by Crippen LogP contribution is -1.93. The molecule has 11 rings (SSSR count). The standard InChI is InChI=1S/C47H28O2/c1-27-26-29(31-24-25-42-47-36(31)23-20-28-10-8-18-40(49-42)43(28)47)21-22-30(27)44-32-11-2-4-13-34(32)45(35-14-5-3-12-33(35)44)38-16-9-19-41-46(38)37-15-6-7-17-39(37)48-41/h2-26H,1H3.